The minimum absolute atomic E-state index is 0.0425. The van der Waals surface area contributed by atoms with Crippen molar-refractivity contribution in [3.8, 4) is 11.4 Å². The lowest BCUT2D eigenvalue weighted by molar-refractivity contribution is -0.384. The smallest absolute Gasteiger partial charge is 0.271 e. The number of hydrogen-bond acceptors (Lipinski definition) is 6. The van der Waals surface area contributed by atoms with Crippen molar-refractivity contribution in [2.75, 3.05) is 13.2 Å². The molecule has 1 amide bonds. The molecule has 2 aromatic carbocycles. The summed E-state index contributed by atoms with van der Waals surface area (Å²) in [5.41, 5.74) is 0.644. The topological polar surface area (TPSA) is 120 Å². The van der Waals surface area contributed by atoms with Crippen molar-refractivity contribution in [2.45, 2.75) is 6.10 Å². The molecule has 0 bridgehead atoms. The highest BCUT2D eigenvalue weighted by Crippen LogP contribution is 2.31. The maximum atomic E-state index is 12.2. The van der Waals surface area contributed by atoms with Crippen molar-refractivity contribution in [3.63, 3.8) is 0 Å². The number of benzene rings is 2. The summed E-state index contributed by atoms with van der Waals surface area (Å²) < 4.78 is 6.84. The number of carbonyl (C=O) groups is 1. The Hall–Kier alpha value is -3.14. The number of halogens is 2. The Morgan fingerprint density at radius 3 is 2.67 bits per heavy atom. The van der Waals surface area contributed by atoms with E-state index in [0.717, 1.165) is 0 Å². The van der Waals surface area contributed by atoms with Gasteiger partial charge in [0, 0.05) is 24.9 Å². The summed E-state index contributed by atoms with van der Waals surface area (Å²) in [6.07, 6.45) is 0.567. The van der Waals surface area contributed by atoms with Crippen LogP contribution in [0.25, 0.3) is 5.69 Å². The Morgan fingerprint density at radius 1 is 1.23 bits per heavy atom. The molecule has 3 aromatic rings. The summed E-state index contributed by atoms with van der Waals surface area (Å²) in [6, 6.07) is 12.1. The van der Waals surface area contributed by atoms with Crippen molar-refractivity contribution < 1.29 is 19.6 Å². The summed E-state index contributed by atoms with van der Waals surface area (Å²) in [7, 11) is 0. The first kappa shape index (κ1) is 21.6. The normalized spacial score (nSPS) is 11.7. The molecule has 0 fully saturated rings. The molecule has 0 aliphatic heterocycles. The molecule has 0 saturated heterocycles. The van der Waals surface area contributed by atoms with Gasteiger partial charge in [-0.1, -0.05) is 29.3 Å². The molecule has 1 aromatic heterocycles. The molecule has 9 nitrogen and oxygen atoms in total. The minimum atomic E-state index is -0.985. The number of aliphatic hydroxyl groups is 1. The number of carbonyl (C=O) groups excluding carboxylic acids is 1. The molecule has 0 saturated carbocycles. The van der Waals surface area contributed by atoms with Crippen LogP contribution in [0.5, 0.6) is 5.75 Å². The van der Waals surface area contributed by atoms with Gasteiger partial charge < -0.3 is 15.2 Å². The van der Waals surface area contributed by atoms with Gasteiger partial charge in [-0.05, 0) is 30.3 Å². The molecule has 1 heterocycles. The molecule has 0 aliphatic carbocycles. The number of aliphatic hydroxyl groups excluding tert-OH is 1. The fourth-order valence-electron chi connectivity index (χ4n) is 2.46. The zero-order chi connectivity index (χ0) is 21.7. The highest BCUT2D eigenvalue weighted by molar-refractivity contribution is 6.42. The maximum absolute atomic E-state index is 12.2. The average molecular weight is 451 g/mol. The van der Waals surface area contributed by atoms with Crippen LogP contribution in [-0.2, 0) is 0 Å². The second-order valence-corrected chi connectivity index (χ2v) is 6.93. The Kier molecular flexibility index (Phi) is 6.88. The van der Waals surface area contributed by atoms with E-state index in [1.165, 1.54) is 35.0 Å². The van der Waals surface area contributed by atoms with Gasteiger partial charge in [-0.2, -0.15) is 5.10 Å². The van der Waals surface area contributed by atoms with Crippen LogP contribution >= 0.6 is 23.2 Å². The largest absolute Gasteiger partial charge is 0.489 e. The first-order valence-corrected chi connectivity index (χ1v) is 9.44. The molecule has 11 heteroatoms. The number of ether oxygens (including phenoxy) is 1. The number of amides is 1. The monoisotopic (exact) mass is 450 g/mol. The fraction of sp³-hybridized carbons (Fsp3) is 0.158. The molecule has 156 valence electrons. The number of non-ortho nitro benzene ring substituents is 1. The Morgan fingerprint density at radius 2 is 1.97 bits per heavy atom. The van der Waals surface area contributed by atoms with Crippen molar-refractivity contribution in [1.82, 2.24) is 15.1 Å². The first-order chi connectivity index (χ1) is 14.3. The number of nitro benzene ring substituents is 1. The molecular formula is C19H16Cl2N4O5. The molecule has 0 spiro atoms. The highest BCUT2D eigenvalue weighted by atomic mass is 35.5. The summed E-state index contributed by atoms with van der Waals surface area (Å²) >= 11 is 11.9. The number of nitro groups is 1. The summed E-state index contributed by atoms with van der Waals surface area (Å²) in [4.78, 5) is 22.5. The third-order valence-corrected chi connectivity index (χ3v) is 4.79. The predicted molar refractivity (Wildman–Crippen MR) is 111 cm³/mol. The molecule has 3 rings (SSSR count). The van der Waals surface area contributed by atoms with Gasteiger partial charge >= 0.3 is 0 Å². The van der Waals surface area contributed by atoms with Crippen LogP contribution < -0.4 is 10.1 Å². The number of nitrogens with one attached hydrogen (secondary N) is 1. The van der Waals surface area contributed by atoms with Crippen molar-refractivity contribution in [3.05, 3.63) is 80.6 Å². The van der Waals surface area contributed by atoms with Crippen LogP contribution in [0.2, 0.25) is 10.0 Å². The molecule has 0 radical (unpaired) electrons. The van der Waals surface area contributed by atoms with Gasteiger partial charge in [-0.25, -0.2) is 4.68 Å². The van der Waals surface area contributed by atoms with Crippen LogP contribution in [-0.4, -0.2) is 45.0 Å². The van der Waals surface area contributed by atoms with Crippen LogP contribution in [0.1, 0.15) is 10.5 Å². The van der Waals surface area contributed by atoms with Gasteiger partial charge in [0.05, 0.1) is 15.6 Å². The van der Waals surface area contributed by atoms with Crippen molar-refractivity contribution in [1.29, 1.82) is 0 Å². The molecule has 30 heavy (non-hydrogen) atoms. The van der Waals surface area contributed by atoms with Gasteiger partial charge in [0.25, 0.3) is 11.6 Å². The summed E-state index contributed by atoms with van der Waals surface area (Å²) in [5, 5.41) is 28.0. The van der Waals surface area contributed by atoms with Crippen molar-refractivity contribution in [2.24, 2.45) is 0 Å². The van der Waals surface area contributed by atoms with Gasteiger partial charge in [-0.15, -0.1) is 0 Å². The van der Waals surface area contributed by atoms with Crippen LogP contribution in [0.3, 0.4) is 0 Å². The standard InChI is InChI=1S/C19H16Cl2N4O5/c20-15-2-1-3-17(18(15)21)30-11-14(26)10-22-19(27)16-8-9-24(23-16)12-4-6-13(7-5-12)25(28)29/h1-9,14,26H,10-11H2,(H,22,27). The minimum Gasteiger partial charge on any atom is -0.489 e. The van der Waals surface area contributed by atoms with Crippen LogP contribution in [0.15, 0.2) is 54.7 Å². The van der Waals surface area contributed by atoms with Crippen molar-refractivity contribution >= 4 is 34.8 Å². The molecule has 1 unspecified atom stereocenters. The number of aromatic nitrogens is 2. The van der Waals surface area contributed by atoms with E-state index in [1.54, 1.807) is 24.4 Å². The zero-order valence-corrected chi connectivity index (χ0v) is 16.9. The Bertz CT molecular complexity index is 1060. The van der Waals surface area contributed by atoms with E-state index in [0.29, 0.717) is 16.5 Å². The van der Waals surface area contributed by atoms with Gasteiger partial charge in [0.15, 0.2) is 5.69 Å². The highest BCUT2D eigenvalue weighted by Gasteiger charge is 2.14. The van der Waals surface area contributed by atoms with E-state index in [-0.39, 0.29) is 29.6 Å². The van der Waals surface area contributed by atoms with E-state index < -0.39 is 16.9 Å². The SMILES string of the molecule is O=C(NCC(O)COc1cccc(Cl)c1Cl)c1ccn(-c2ccc([N+](=O)[O-])cc2)n1. The van der Waals surface area contributed by atoms with E-state index in [9.17, 15) is 20.0 Å². The Labute approximate surface area is 180 Å². The zero-order valence-electron chi connectivity index (χ0n) is 15.4. The predicted octanol–water partition coefficient (Wildman–Crippen LogP) is 3.26. The third kappa shape index (κ3) is 5.26. The van der Waals surface area contributed by atoms with E-state index >= 15 is 0 Å². The van der Waals surface area contributed by atoms with E-state index in [1.807, 2.05) is 0 Å². The van der Waals surface area contributed by atoms with Gasteiger partial charge in [-0.3, -0.25) is 14.9 Å². The second-order valence-electron chi connectivity index (χ2n) is 6.15. The second kappa shape index (κ2) is 9.57. The lowest BCUT2D eigenvalue weighted by Gasteiger charge is -2.14. The van der Waals surface area contributed by atoms with Gasteiger partial charge in [0.1, 0.15) is 23.5 Å². The fourth-order valence-corrected chi connectivity index (χ4v) is 2.80. The number of nitrogens with zero attached hydrogens (tertiary/aromatic N) is 3. The summed E-state index contributed by atoms with van der Waals surface area (Å²) in [5.74, 6) is -0.160. The quantitative estimate of drug-likeness (QED) is 0.401. The summed E-state index contributed by atoms with van der Waals surface area (Å²) in [6.45, 7) is -0.168. The number of hydrogen-bond donors (Lipinski definition) is 2. The van der Waals surface area contributed by atoms with Crippen LogP contribution in [0, 0.1) is 10.1 Å². The molecular weight excluding hydrogens is 435 g/mol. The number of rotatable bonds is 8. The molecule has 1 atom stereocenters. The Balaban J connectivity index is 1.52. The maximum Gasteiger partial charge on any atom is 0.271 e. The molecule has 2 N–H and O–H groups in total. The molecule has 0 aliphatic rings. The van der Waals surface area contributed by atoms with Gasteiger partial charge in [0.2, 0.25) is 0 Å². The lowest BCUT2D eigenvalue weighted by atomic mass is 10.3. The van der Waals surface area contributed by atoms with Crippen LogP contribution in [0.4, 0.5) is 5.69 Å². The average Bonchev–Trinajstić information content (AvgIpc) is 3.23. The lowest BCUT2D eigenvalue weighted by Crippen LogP contribution is -2.35. The van der Waals surface area contributed by atoms with E-state index in [4.69, 9.17) is 27.9 Å². The first-order valence-electron chi connectivity index (χ1n) is 8.68. The third-order valence-electron chi connectivity index (χ3n) is 3.99. The van der Waals surface area contributed by atoms with E-state index in [2.05, 4.69) is 10.4 Å².